The lowest BCUT2D eigenvalue weighted by Crippen LogP contribution is -2.21. The number of rotatable bonds is 0. The second-order valence-corrected chi connectivity index (χ2v) is 3.63. The molecule has 0 fully saturated rings. The predicted molar refractivity (Wildman–Crippen MR) is 60.3 cm³/mol. The second-order valence-electron chi connectivity index (χ2n) is 3.63. The van der Waals surface area contributed by atoms with E-state index in [1.807, 2.05) is 0 Å². The summed E-state index contributed by atoms with van der Waals surface area (Å²) in [6, 6.07) is 6.26. The fourth-order valence-corrected chi connectivity index (χ4v) is 1.94. The number of para-hydroxylation sites is 1. The molecule has 6 nitrogen and oxygen atoms in total. The standard InChI is InChI=1S/C11H7N3O3/c15-10-6-2-1-3-7-9(6)14(11(16)12-7)5-4-8(10)13-17/h1-5,17H,(H,12,16). The first kappa shape index (κ1) is 9.59. The Bertz CT molecular complexity index is 892. The molecule has 1 aromatic carbocycles. The number of aromatic amines is 1. The molecule has 0 aliphatic heterocycles. The van der Waals surface area contributed by atoms with Crippen LogP contribution in [0.15, 0.2) is 45.2 Å². The highest BCUT2D eigenvalue weighted by atomic mass is 16.4. The van der Waals surface area contributed by atoms with Gasteiger partial charge < -0.3 is 10.2 Å². The summed E-state index contributed by atoms with van der Waals surface area (Å²) in [7, 11) is 0. The zero-order valence-corrected chi connectivity index (χ0v) is 8.54. The fourth-order valence-electron chi connectivity index (χ4n) is 1.94. The van der Waals surface area contributed by atoms with E-state index in [0.29, 0.717) is 16.4 Å². The maximum atomic E-state index is 12.0. The van der Waals surface area contributed by atoms with Crippen molar-refractivity contribution in [2.45, 2.75) is 0 Å². The Labute approximate surface area is 93.4 Å². The van der Waals surface area contributed by atoms with E-state index in [9.17, 15) is 9.59 Å². The topological polar surface area (TPSA) is 86.9 Å². The van der Waals surface area contributed by atoms with Crippen molar-refractivity contribution in [3.8, 4) is 0 Å². The van der Waals surface area contributed by atoms with Crippen LogP contribution in [0.3, 0.4) is 0 Å². The Morgan fingerprint density at radius 2 is 2.06 bits per heavy atom. The van der Waals surface area contributed by atoms with Crippen molar-refractivity contribution in [3.05, 3.63) is 56.5 Å². The summed E-state index contributed by atoms with van der Waals surface area (Å²) in [5, 5.41) is 11.9. The maximum absolute atomic E-state index is 12.0. The van der Waals surface area contributed by atoms with Gasteiger partial charge in [-0.15, -0.1) is 0 Å². The van der Waals surface area contributed by atoms with Crippen LogP contribution >= 0.6 is 0 Å². The van der Waals surface area contributed by atoms with Gasteiger partial charge in [0.15, 0.2) is 5.36 Å². The molecule has 0 bridgehead atoms. The van der Waals surface area contributed by atoms with Gasteiger partial charge in [-0.3, -0.25) is 9.20 Å². The number of nitrogens with one attached hydrogen (secondary N) is 1. The Hall–Kier alpha value is -2.63. The minimum Gasteiger partial charge on any atom is -0.410 e. The van der Waals surface area contributed by atoms with Crippen molar-refractivity contribution in [1.29, 1.82) is 0 Å². The molecule has 0 unspecified atom stereocenters. The number of benzene rings is 1. The molecule has 0 saturated heterocycles. The molecule has 0 amide bonds. The van der Waals surface area contributed by atoms with Gasteiger partial charge in [-0.25, -0.2) is 4.79 Å². The van der Waals surface area contributed by atoms with Crippen LogP contribution in [0.2, 0.25) is 0 Å². The van der Waals surface area contributed by atoms with E-state index in [-0.39, 0.29) is 11.0 Å². The third-order valence-electron chi connectivity index (χ3n) is 2.70. The van der Waals surface area contributed by atoms with Gasteiger partial charge in [-0.05, 0) is 18.2 Å². The van der Waals surface area contributed by atoms with E-state index in [0.717, 1.165) is 0 Å². The van der Waals surface area contributed by atoms with E-state index in [4.69, 9.17) is 5.21 Å². The van der Waals surface area contributed by atoms with Crippen LogP contribution in [0.4, 0.5) is 0 Å². The van der Waals surface area contributed by atoms with Crippen LogP contribution in [-0.4, -0.2) is 14.6 Å². The van der Waals surface area contributed by atoms with Gasteiger partial charge >= 0.3 is 5.69 Å². The van der Waals surface area contributed by atoms with Crippen LogP contribution in [0, 0.1) is 0 Å². The zero-order valence-electron chi connectivity index (χ0n) is 8.54. The molecule has 84 valence electrons. The summed E-state index contributed by atoms with van der Waals surface area (Å²) < 4.78 is 1.32. The van der Waals surface area contributed by atoms with Gasteiger partial charge in [0.05, 0.1) is 16.4 Å². The molecule has 0 spiro atoms. The lowest BCUT2D eigenvalue weighted by Gasteiger charge is -1.90. The normalized spacial score (nSPS) is 12.6. The summed E-state index contributed by atoms with van der Waals surface area (Å²) in [4.78, 5) is 26.3. The SMILES string of the molecule is O=c1c(=NO)ccn2c(=O)[nH]c3cccc1c32. The molecule has 0 radical (unpaired) electrons. The Balaban J connectivity index is 2.86. The van der Waals surface area contributed by atoms with Crippen molar-refractivity contribution >= 4 is 16.4 Å². The monoisotopic (exact) mass is 229 g/mol. The minimum absolute atomic E-state index is 0.0967. The quantitative estimate of drug-likeness (QED) is 0.416. The first-order chi connectivity index (χ1) is 8.22. The number of imidazole rings is 1. The van der Waals surface area contributed by atoms with Crippen molar-refractivity contribution < 1.29 is 5.21 Å². The second kappa shape index (κ2) is 3.18. The smallest absolute Gasteiger partial charge is 0.330 e. The van der Waals surface area contributed by atoms with Gasteiger partial charge in [0, 0.05) is 6.20 Å². The van der Waals surface area contributed by atoms with Crippen molar-refractivity contribution in [3.63, 3.8) is 0 Å². The highest BCUT2D eigenvalue weighted by molar-refractivity contribution is 5.92. The average Bonchev–Trinajstić information content (AvgIpc) is 2.56. The van der Waals surface area contributed by atoms with Crippen LogP contribution in [0.25, 0.3) is 16.4 Å². The van der Waals surface area contributed by atoms with E-state index in [1.54, 1.807) is 18.2 Å². The van der Waals surface area contributed by atoms with E-state index in [2.05, 4.69) is 10.1 Å². The molecular formula is C11H7N3O3. The average molecular weight is 229 g/mol. The number of hydrogen-bond donors (Lipinski definition) is 2. The van der Waals surface area contributed by atoms with Crippen LogP contribution in [-0.2, 0) is 0 Å². The fraction of sp³-hybridized carbons (Fsp3) is 0. The molecule has 3 aromatic rings. The zero-order chi connectivity index (χ0) is 12.0. The number of hydrogen-bond acceptors (Lipinski definition) is 4. The van der Waals surface area contributed by atoms with Gasteiger partial charge in [-0.1, -0.05) is 11.2 Å². The third kappa shape index (κ3) is 1.17. The van der Waals surface area contributed by atoms with Crippen LogP contribution < -0.4 is 16.5 Å². The molecule has 6 heteroatoms. The maximum Gasteiger partial charge on any atom is 0.330 e. The Morgan fingerprint density at radius 3 is 2.82 bits per heavy atom. The van der Waals surface area contributed by atoms with Gasteiger partial charge in [0.1, 0.15) is 0 Å². The summed E-state index contributed by atoms with van der Waals surface area (Å²) in [6.45, 7) is 0. The highest BCUT2D eigenvalue weighted by Crippen LogP contribution is 2.12. The summed E-state index contributed by atoms with van der Waals surface area (Å²) in [5.74, 6) is 0. The predicted octanol–water partition coefficient (Wildman–Crippen LogP) is -0.131. The van der Waals surface area contributed by atoms with Gasteiger partial charge in [0.25, 0.3) is 0 Å². The third-order valence-corrected chi connectivity index (χ3v) is 2.70. The Kier molecular flexibility index (Phi) is 1.79. The van der Waals surface area contributed by atoms with Crippen LogP contribution in [0.1, 0.15) is 0 Å². The molecular weight excluding hydrogens is 222 g/mol. The van der Waals surface area contributed by atoms with E-state index < -0.39 is 5.43 Å². The molecule has 2 aromatic heterocycles. The summed E-state index contributed by atoms with van der Waals surface area (Å²) >= 11 is 0. The molecule has 3 rings (SSSR count). The highest BCUT2D eigenvalue weighted by Gasteiger charge is 2.08. The first-order valence-electron chi connectivity index (χ1n) is 4.90. The molecule has 0 aliphatic rings. The lowest BCUT2D eigenvalue weighted by molar-refractivity contribution is 0.301. The Morgan fingerprint density at radius 1 is 1.24 bits per heavy atom. The van der Waals surface area contributed by atoms with Crippen molar-refractivity contribution in [1.82, 2.24) is 9.38 Å². The van der Waals surface area contributed by atoms with Crippen molar-refractivity contribution in [2.24, 2.45) is 5.16 Å². The number of H-pyrrole nitrogens is 1. The number of aromatic nitrogens is 2. The molecule has 2 N–H and O–H groups in total. The van der Waals surface area contributed by atoms with Gasteiger partial charge in [0.2, 0.25) is 5.43 Å². The van der Waals surface area contributed by atoms with E-state index in [1.165, 1.54) is 16.7 Å². The molecule has 2 heterocycles. The summed E-state index contributed by atoms with van der Waals surface area (Å²) in [5.41, 5.74) is 0.317. The van der Waals surface area contributed by atoms with Crippen LogP contribution in [0.5, 0.6) is 0 Å². The number of nitrogens with zero attached hydrogens (tertiary/aromatic N) is 2. The lowest BCUT2D eigenvalue weighted by atomic mass is 10.2. The summed E-state index contributed by atoms with van der Waals surface area (Å²) in [6.07, 6.45) is 1.41. The first-order valence-corrected chi connectivity index (χ1v) is 4.90. The largest absolute Gasteiger partial charge is 0.410 e. The van der Waals surface area contributed by atoms with Crippen molar-refractivity contribution in [2.75, 3.05) is 0 Å². The molecule has 0 saturated carbocycles. The van der Waals surface area contributed by atoms with Gasteiger partial charge in [-0.2, -0.15) is 0 Å². The molecule has 0 atom stereocenters. The minimum atomic E-state index is -0.417. The molecule has 0 aliphatic carbocycles. The van der Waals surface area contributed by atoms with E-state index >= 15 is 0 Å². The molecule has 17 heavy (non-hydrogen) atoms.